The van der Waals surface area contributed by atoms with Crippen molar-refractivity contribution in [3.8, 4) is 5.75 Å². The summed E-state index contributed by atoms with van der Waals surface area (Å²) in [4.78, 5) is 13.6. The van der Waals surface area contributed by atoms with Crippen molar-refractivity contribution in [1.29, 1.82) is 0 Å². The van der Waals surface area contributed by atoms with Crippen LogP contribution in [0.2, 0.25) is 0 Å². The Morgan fingerprint density at radius 3 is 2.10 bits per heavy atom. The van der Waals surface area contributed by atoms with Crippen LogP contribution >= 0.6 is 0 Å². The molecule has 0 radical (unpaired) electrons. The lowest BCUT2D eigenvalue weighted by Gasteiger charge is -2.31. The molecular weight excluding hydrogens is 512 g/mol. The van der Waals surface area contributed by atoms with E-state index in [9.17, 15) is 18.3 Å². The molecule has 0 fully saturated rings. The van der Waals surface area contributed by atoms with Gasteiger partial charge in [-0.2, -0.15) is 4.31 Å². The van der Waals surface area contributed by atoms with Crippen LogP contribution in [0, 0.1) is 5.92 Å². The number of sulfonamides is 1. The van der Waals surface area contributed by atoms with Gasteiger partial charge in [0.1, 0.15) is 5.75 Å². The van der Waals surface area contributed by atoms with Gasteiger partial charge >= 0.3 is 0 Å². The summed E-state index contributed by atoms with van der Waals surface area (Å²) < 4.78 is 33.7. The first kappa shape index (κ1) is 30.3. The molecule has 7 nitrogen and oxygen atoms in total. The highest BCUT2D eigenvalue weighted by atomic mass is 32.2. The van der Waals surface area contributed by atoms with E-state index in [2.05, 4.69) is 5.32 Å². The minimum atomic E-state index is -3.92. The molecule has 0 aromatic heterocycles. The Balaban J connectivity index is 1.91. The molecule has 0 unspecified atom stereocenters. The monoisotopic (exact) mass is 552 g/mol. The molecule has 0 saturated carbocycles. The van der Waals surface area contributed by atoms with Crippen LogP contribution in [0.1, 0.15) is 55.1 Å². The quantitative estimate of drug-likeness (QED) is 0.316. The molecule has 0 aliphatic heterocycles. The van der Waals surface area contributed by atoms with Crippen LogP contribution in [0.15, 0.2) is 83.8 Å². The van der Waals surface area contributed by atoms with Gasteiger partial charge in [-0.1, -0.05) is 76.2 Å². The van der Waals surface area contributed by atoms with Crippen molar-refractivity contribution in [1.82, 2.24) is 9.62 Å². The number of carbonyl (C=O) groups is 1. The Bertz CT molecular complexity index is 1310. The predicted molar refractivity (Wildman–Crippen MR) is 155 cm³/mol. The molecule has 3 aromatic carbocycles. The van der Waals surface area contributed by atoms with Crippen LogP contribution in [0.3, 0.4) is 0 Å². The first-order valence-corrected chi connectivity index (χ1v) is 14.7. The highest BCUT2D eigenvalue weighted by molar-refractivity contribution is 7.89. The lowest BCUT2D eigenvalue weighted by molar-refractivity contribution is 0.0775. The number of aliphatic hydroxyl groups is 1. The van der Waals surface area contributed by atoms with Crippen LogP contribution in [-0.2, 0) is 16.4 Å². The second-order valence-corrected chi connectivity index (χ2v) is 12.4. The number of benzene rings is 3. The van der Waals surface area contributed by atoms with E-state index in [1.165, 1.54) is 23.5 Å². The fraction of sp³-hybridized carbons (Fsp3) is 0.387. The molecule has 0 bridgehead atoms. The highest BCUT2D eigenvalue weighted by Crippen LogP contribution is 2.23. The second-order valence-electron chi connectivity index (χ2n) is 10.5. The van der Waals surface area contributed by atoms with Crippen LogP contribution in [-0.4, -0.2) is 56.1 Å². The minimum absolute atomic E-state index is 0.0188. The van der Waals surface area contributed by atoms with Gasteiger partial charge in [0.2, 0.25) is 10.0 Å². The Morgan fingerprint density at radius 2 is 1.51 bits per heavy atom. The van der Waals surface area contributed by atoms with Crippen molar-refractivity contribution in [2.45, 2.75) is 57.1 Å². The fourth-order valence-corrected chi connectivity index (χ4v) is 6.14. The number of hydrogen-bond donors (Lipinski definition) is 2. The molecule has 2 atom stereocenters. The number of nitrogens with one attached hydrogen (secondary N) is 1. The van der Waals surface area contributed by atoms with Crippen molar-refractivity contribution in [3.05, 3.63) is 95.6 Å². The number of amides is 1. The van der Waals surface area contributed by atoms with Gasteiger partial charge in [0.25, 0.3) is 5.91 Å². The van der Waals surface area contributed by atoms with Crippen molar-refractivity contribution >= 4 is 15.9 Å². The van der Waals surface area contributed by atoms with Gasteiger partial charge in [-0.25, -0.2) is 8.42 Å². The maximum Gasteiger partial charge on any atom is 0.251 e. The smallest absolute Gasteiger partial charge is 0.251 e. The first-order valence-electron chi connectivity index (χ1n) is 13.3. The summed E-state index contributed by atoms with van der Waals surface area (Å²) in [5, 5.41) is 14.5. The Hall–Kier alpha value is -3.20. The molecular formula is C31H40N2O5S. The number of methoxy groups -OCH3 is 1. The molecule has 8 heteroatoms. The van der Waals surface area contributed by atoms with Gasteiger partial charge in [-0.3, -0.25) is 4.79 Å². The predicted octanol–water partition coefficient (Wildman–Crippen LogP) is 4.87. The number of ether oxygens (including phenoxy) is 1. The summed E-state index contributed by atoms with van der Waals surface area (Å²) in [6.45, 7) is 7.94. The molecule has 210 valence electrons. The number of nitrogens with zero attached hydrogens (tertiary/aromatic N) is 1. The third kappa shape index (κ3) is 8.14. The zero-order chi connectivity index (χ0) is 28.6. The normalized spacial score (nSPS) is 13.5. The zero-order valence-electron chi connectivity index (χ0n) is 23.4. The molecule has 1 amide bonds. The van der Waals surface area contributed by atoms with Crippen molar-refractivity contribution < 1.29 is 23.1 Å². The zero-order valence-corrected chi connectivity index (χ0v) is 24.2. The van der Waals surface area contributed by atoms with E-state index in [0.717, 1.165) is 11.1 Å². The standard InChI is InChI=1S/C31H40N2O5S/c1-22(2)20-33(39(36,37)26-17-15-25(38-5)16-18-26)21-30(34)29(19-24-11-7-6-8-12-24)32-31(35)28-14-10-9-13-27(28)23(3)4/h6-18,22-23,29-30,34H,19-21H2,1-5H3,(H,32,35)/t29-,30+/m0/s1. The Morgan fingerprint density at radius 1 is 0.897 bits per heavy atom. The summed E-state index contributed by atoms with van der Waals surface area (Å²) in [6.07, 6.45) is -0.817. The summed E-state index contributed by atoms with van der Waals surface area (Å²) in [5.41, 5.74) is 2.38. The number of carbonyl (C=O) groups excluding carboxylic acids is 1. The minimum Gasteiger partial charge on any atom is -0.497 e. The average molecular weight is 553 g/mol. The maximum atomic E-state index is 13.6. The van der Waals surface area contributed by atoms with Crippen LogP contribution < -0.4 is 10.1 Å². The van der Waals surface area contributed by atoms with E-state index in [1.54, 1.807) is 18.2 Å². The topological polar surface area (TPSA) is 95.9 Å². The van der Waals surface area contributed by atoms with Gasteiger partial charge in [-0.05, 0) is 59.7 Å². The van der Waals surface area contributed by atoms with Crippen molar-refractivity contribution in [3.63, 3.8) is 0 Å². The molecule has 0 saturated heterocycles. The first-order chi connectivity index (χ1) is 18.5. The van der Waals surface area contributed by atoms with E-state index in [1.807, 2.05) is 76.2 Å². The molecule has 0 aliphatic carbocycles. The summed E-state index contributed by atoms with van der Waals surface area (Å²) in [7, 11) is -2.40. The van der Waals surface area contributed by atoms with E-state index < -0.39 is 22.2 Å². The molecule has 39 heavy (non-hydrogen) atoms. The second kappa shape index (κ2) is 13.7. The maximum absolute atomic E-state index is 13.6. The van der Waals surface area contributed by atoms with Gasteiger partial charge in [-0.15, -0.1) is 0 Å². The molecule has 0 aliphatic rings. The molecule has 3 aromatic rings. The summed E-state index contributed by atoms with van der Waals surface area (Å²) in [5.74, 6) is 0.412. The summed E-state index contributed by atoms with van der Waals surface area (Å²) in [6, 6.07) is 22.4. The van der Waals surface area contributed by atoms with Crippen molar-refractivity contribution in [2.24, 2.45) is 5.92 Å². The third-order valence-electron chi connectivity index (χ3n) is 6.56. The summed E-state index contributed by atoms with van der Waals surface area (Å²) >= 11 is 0. The lowest BCUT2D eigenvalue weighted by atomic mass is 9.95. The molecule has 0 heterocycles. The van der Waals surface area contributed by atoms with Crippen LogP contribution in [0.4, 0.5) is 0 Å². The molecule has 2 N–H and O–H groups in total. The highest BCUT2D eigenvalue weighted by Gasteiger charge is 2.32. The Kier molecular flexibility index (Phi) is 10.7. The van der Waals surface area contributed by atoms with E-state index in [-0.39, 0.29) is 35.7 Å². The van der Waals surface area contributed by atoms with Crippen LogP contribution in [0.5, 0.6) is 5.75 Å². The van der Waals surface area contributed by atoms with E-state index in [0.29, 0.717) is 17.7 Å². The lowest BCUT2D eigenvalue weighted by Crippen LogP contribution is -2.51. The molecule has 0 spiro atoms. The number of aliphatic hydroxyl groups excluding tert-OH is 1. The number of hydrogen-bond acceptors (Lipinski definition) is 5. The Labute approximate surface area is 232 Å². The number of rotatable bonds is 13. The van der Waals surface area contributed by atoms with Gasteiger partial charge in [0.05, 0.1) is 24.2 Å². The SMILES string of the molecule is COc1ccc(S(=O)(=O)N(CC(C)C)C[C@@H](O)[C@H](Cc2ccccc2)NC(=O)c2ccccc2C(C)C)cc1. The van der Waals surface area contributed by atoms with Crippen molar-refractivity contribution in [2.75, 3.05) is 20.2 Å². The molecule has 3 rings (SSSR count). The third-order valence-corrected chi connectivity index (χ3v) is 8.41. The largest absolute Gasteiger partial charge is 0.497 e. The van der Waals surface area contributed by atoms with Gasteiger partial charge < -0.3 is 15.2 Å². The van der Waals surface area contributed by atoms with Gasteiger partial charge in [0.15, 0.2) is 0 Å². The van der Waals surface area contributed by atoms with Crippen LogP contribution in [0.25, 0.3) is 0 Å². The fourth-order valence-electron chi connectivity index (χ4n) is 4.52. The van der Waals surface area contributed by atoms with Gasteiger partial charge in [0, 0.05) is 18.7 Å². The van der Waals surface area contributed by atoms with E-state index >= 15 is 0 Å². The van der Waals surface area contributed by atoms with E-state index in [4.69, 9.17) is 4.74 Å². The average Bonchev–Trinajstić information content (AvgIpc) is 2.92.